The van der Waals surface area contributed by atoms with E-state index in [4.69, 9.17) is 0 Å². The molecule has 0 atom stereocenters. The van der Waals surface area contributed by atoms with E-state index in [-0.39, 0.29) is 6.47 Å². The fraction of sp³-hybridized carbons (Fsp3) is 0.286. The van der Waals surface area contributed by atoms with Gasteiger partial charge in [0.1, 0.15) is 0 Å². The number of carbonyl (C=O) groups excluding carboxylic acids is 2. The molecule has 1 aliphatic rings. The second kappa shape index (κ2) is 5.56. The summed E-state index contributed by atoms with van der Waals surface area (Å²) in [4.78, 5) is 21.7. The lowest BCUT2D eigenvalue weighted by Gasteiger charge is -2.22. The lowest BCUT2D eigenvalue weighted by molar-refractivity contribution is -0.123. The van der Waals surface area contributed by atoms with Gasteiger partial charge in [-0.05, 0) is 38.1 Å². The van der Waals surface area contributed by atoms with Gasteiger partial charge in [-0.15, -0.1) is 0 Å². The van der Waals surface area contributed by atoms with Crippen molar-refractivity contribution in [3.63, 3.8) is 0 Å². The fourth-order valence-corrected chi connectivity index (χ4v) is 1.97. The van der Waals surface area contributed by atoms with Crippen LogP contribution in [0.3, 0.4) is 0 Å². The Morgan fingerprint density at radius 2 is 2.26 bits per heavy atom. The summed E-state index contributed by atoms with van der Waals surface area (Å²) in [5.74, 6) is -0.643. The Kier molecular flexibility index (Phi) is 3.85. The van der Waals surface area contributed by atoms with Gasteiger partial charge in [0.2, 0.25) is 0 Å². The maximum Gasteiger partial charge on any atom is 0.345 e. The molecule has 1 heterocycles. The molecule has 0 saturated carbocycles. The molecule has 0 radical (unpaired) electrons. The van der Waals surface area contributed by atoms with Crippen molar-refractivity contribution in [2.24, 2.45) is 0 Å². The average molecular weight is 260 g/mol. The van der Waals surface area contributed by atoms with Crippen LogP contribution in [0, 0.1) is 0 Å². The van der Waals surface area contributed by atoms with Crippen LogP contribution in [0.2, 0.25) is 0 Å². The standard InChI is InChI=1S/C14H16N2O3/c1-9(2)16-12-6-11-5-10(14(18)19-8-17)3-4-13(11)15-7-12/h3-6,8-9,15-16H,7H2,1-2H3. The highest BCUT2D eigenvalue weighted by Crippen LogP contribution is 2.24. The summed E-state index contributed by atoms with van der Waals surface area (Å²) in [5.41, 5.74) is 3.27. The summed E-state index contributed by atoms with van der Waals surface area (Å²) in [5, 5.41) is 6.59. The van der Waals surface area contributed by atoms with E-state index in [0.717, 1.165) is 23.5 Å². The number of hydrogen-bond acceptors (Lipinski definition) is 5. The average Bonchev–Trinajstić information content (AvgIpc) is 2.37. The Labute approximate surface area is 111 Å². The number of ether oxygens (including phenoxy) is 1. The van der Waals surface area contributed by atoms with Crippen LogP contribution in [0.5, 0.6) is 0 Å². The first-order chi connectivity index (χ1) is 9.10. The molecule has 0 bridgehead atoms. The molecule has 1 aliphatic heterocycles. The number of esters is 1. The van der Waals surface area contributed by atoms with Crippen LogP contribution >= 0.6 is 0 Å². The Balaban J connectivity index is 2.27. The lowest BCUT2D eigenvalue weighted by atomic mass is 10.0. The van der Waals surface area contributed by atoms with Gasteiger partial charge in [0.25, 0.3) is 0 Å². The highest BCUT2D eigenvalue weighted by atomic mass is 16.6. The lowest BCUT2D eigenvalue weighted by Crippen LogP contribution is -2.28. The zero-order chi connectivity index (χ0) is 13.8. The molecule has 19 heavy (non-hydrogen) atoms. The highest BCUT2D eigenvalue weighted by Gasteiger charge is 2.14. The third-order valence-electron chi connectivity index (χ3n) is 2.72. The third-order valence-corrected chi connectivity index (χ3v) is 2.72. The fourth-order valence-electron chi connectivity index (χ4n) is 1.97. The molecule has 100 valence electrons. The van der Waals surface area contributed by atoms with Crippen LogP contribution < -0.4 is 10.6 Å². The Hall–Kier alpha value is -2.30. The van der Waals surface area contributed by atoms with Gasteiger partial charge in [0, 0.05) is 23.0 Å². The van der Waals surface area contributed by atoms with Crippen LogP contribution in [0.15, 0.2) is 23.9 Å². The topological polar surface area (TPSA) is 67.4 Å². The minimum atomic E-state index is -0.643. The Bertz CT molecular complexity index is 535. The smallest absolute Gasteiger partial charge is 0.345 e. The largest absolute Gasteiger partial charge is 0.392 e. The summed E-state index contributed by atoms with van der Waals surface area (Å²) in [6.07, 6.45) is 1.99. The Morgan fingerprint density at radius 3 is 2.95 bits per heavy atom. The molecule has 5 heteroatoms. The zero-order valence-electron chi connectivity index (χ0n) is 10.9. The highest BCUT2D eigenvalue weighted by molar-refractivity contribution is 5.94. The van der Waals surface area contributed by atoms with Crippen molar-refractivity contribution in [2.45, 2.75) is 19.9 Å². The van der Waals surface area contributed by atoms with E-state index >= 15 is 0 Å². The monoisotopic (exact) mass is 260 g/mol. The quantitative estimate of drug-likeness (QED) is 0.490. The molecule has 0 amide bonds. The third kappa shape index (κ3) is 3.13. The molecule has 1 aromatic rings. The van der Waals surface area contributed by atoms with Gasteiger partial charge in [-0.1, -0.05) is 0 Å². The molecule has 0 fully saturated rings. The number of anilines is 1. The van der Waals surface area contributed by atoms with Crippen molar-refractivity contribution in [3.8, 4) is 0 Å². The molecule has 0 unspecified atom stereocenters. The van der Waals surface area contributed by atoms with E-state index in [9.17, 15) is 9.59 Å². The number of carbonyl (C=O) groups is 2. The minimum Gasteiger partial charge on any atom is -0.392 e. The van der Waals surface area contributed by atoms with Crippen LogP contribution in [0.25, 0.3) is 6.08 Å². The summed E-state index contributed by atoms with van der Waals surface area (Å²) >= 11 is 0. The maximum atomic E-state index is 11.5. The van der Waals surface area contributed by atoms with Gasteiger partial charge in [-0.3, -0.25) is 4.79 Å². The molecule has 0 saturated heterocycles. The van der Waals surface area contributed by atoms with Crippen LogP contribution in [0.1, 0.15) is 29.8 Å². The molecule has 0 aliphatic carbocycles. The number of hydrogen-bond donors (Lipinski definition) is 2. The predicted molar refractivity (Wildman–Crippen MR) is 72.7 cm³/mol. The first-order valence-electron chi connectivity index (χ1n) is 6.10. The molecule has 0 aromatic heterocycles. The van der Waals surface area contributed by atoms with Gasteiger partial charge in [0.15, 0.2) is 0 Å². The molecule has 1 aromatic carbocycles. The van der Waals surface area contributed by atoms with Crippen molar-refractivity contribution < 1.29 is 14.3 Å². The number of fused-ring (bicyclic) bond motifs is 1. The number of rotatable bonds is 4. The van der Waals surface area contributed by atoms with Gasteiger partial charge in [-0.2, -0.15) is 0 Å². The van der Waals surface area contributed by atoms with Crippen molar-refractivity contribution in [2.75, 3.05) is 11.9 Å². The van der Waals surface area contributed by atoms with Crippen molar-refractivity contribution in [3.05, 3.63) is 35.0 Å². The van der Waals surface area contributed by atoms with Crippen molar-refractivity contribution in [1.82, 2.24) is 5.32 Å². The van der Waals surface area contributed by atoms with E-state index in [2.05, 4.69) is 29.2 Å². The number of benzene rings is 1. The Morgan fingerprint density at radius 1 is 1.47 bits per heavy atom. The number of nitrogens with one attached hydrogen (secondary N) is 2. The molecular formula is C14H16N2O3. The first-order valence-corrected chi connectivity index (χ1v) is 6.10. The van der Waals surface area contributed by atoms with Crippen LogP contribution in [0.4, 0.5) is 5.69 Å². The second-order valence-corrected chi connectivity index (χ2v) is 4.63. The first kappa shape index (κ1) is 13.1. The SMILES string of the molecule is CC(C)NC1=Cc2cc(C(=O)OC=O)ccc2NC1. The van der Waals surface area contributed by atoms with Gasteiger partial charge in [-0.25, -0.2) is 4.79 Å². The molecular weight excluding hydrogens is 244 g/mol. The molecule has 2 rings (SSSR count). The van der Waals surface area contributed by atoms with E-state index in [1.54, 1.807) is 18.2 Å². The van der Waals surface area contributed by atoms with Crippen LogP contribution in [-0.2, 0) is 9.53 Å². The van der Waals surface area contributed by atoms with E-state index < -0.39 is 5.97 Å². The van der Waals surface area contributed by atoms with Gasteiger partial charge < -0.3 is 15.4 Å². The molecule has 2 N–H and O–H groups in total. The van der Waals surface area contributed by atoms with E-state index in [0.29, 0.717) is 11.6 Å². The predicted octanol–water partition coefficient (Wildman–Crippen LogP) is 1.76. The summed E-state index contributed by atoms with van der Waals surface area (Å²) in [7, 11) is 0. The van der Waals surface area contributed by atoms with Gasteiger partial charge in [0.05, 0.1) is 12.1 Å². The molecule has 0 spiro atoms. The summed E-state index contributed by atoms with van der Waals surface area (Å²) in [6.45, 7) is 4.99. The normalized spacial score (nSPS) is 13.1. The molecule has 5 nitrogen and oxygen atoms in total. The van der Waals surface area contributed by atoms with Crippen LogP contribution in [-0.4, -0.2) is 25.0 Å². The van der Waals surface area contributed by atoms with E-state index in [1.165, 1.54) is 0 Å². The van der Waals surface area contributed by atoms with Crippen molar-refractivity contribution in [1.29, 1.82) is 0 Å². The second-order valence-electron chi connectivity index (χ2n) is 4.63. The van der Waals surface area contributed by atoms with Crippen molar-refractivity contribution >= 4 is 24.2 Å². The van der Waals surface area contributed by atoms with E-state index in [1.807, 2.05) is 6.08 Å². The maximum absolute atomic E-state index is 11.5. The zero-order valence-corrected chi connectivity index (χ0v) is 10.9. The van der Waals surface area contributed by atoms with Gasteiger partial charge >= 0.3 is 12.4 Å². The summed E-state index contributed by atoms with van der Waals surface area (Å²) < 4.78 is 4.33. The summed E-state index contributed by atoms with van der Waals surface area (Å²) in [6, 6.07) is 5.49. The minimum absolute atomic E-state index is 0.140.